The summed E-state index contributed by atoms with van der Waals surface area (Å²) in [6.45, 7) is 2.07. The summed E-state index contributed by atoms with van der Waals surface area (Å²) < 4.78 is 5.24. The topological polar surface area (TPSA) is 29.5 Å². The number of phenolic OH excluding ortho intramolecular Hbond substituents is 1. The molecule has 0 saturated carbocycles. The van der Waals surface area contributed by atoms with Crippen LogP contribution in [0.5, 0.6) is 11.5 Å². The molecule has 0 fully saturated rings. The van der Waals surface area contributed by atoms with E-state index in [0.717, 1.165) is 12.8 Å². The molecule has 1 aliphatic carbocycles. The highest BCUT2D eigenvalue weighted by atomic mass is 16.5. The number of rotatable bonds is 5. The first-order chi connectivity index (χ1) is 9.26. The SMILES string of the molecule is C/C=C/CCCC1CCCc2cc(O)c(OC)cc21. The van der Waals surface area contributed by atoms with Crippen molar-refractivity contribution in [3.05, 3.63) is 35.4 Å². The van der Waals surface area contributed by atoms with E-state index in [1.54, 1.807) is 7.11 Å². The normalized spacial score (nSPS) is 18.5. The molecule has 19 heavy (non-hydrogen) atoms. The molecule has 0 bridgehead atoms. The summed E-state index contributed by atoms with van der Waals surface area (Å²) in [6, 6.07) is 3.94. The lowest BCUT2D eigenvalue weighted by Gasteiger charge is -2.26. The van der Waals surface area contributed by atoms with Gasteiger partial charge in [-0.15, -0.1) is 0 Å². The fourth-order valence-electron chi connectivity index (χ4n) is 3.03. The van der Waals surface area contributed by atoms with Gasteiger partial charge in [0.15, 0.2) is 11.5 Å². The molecule has 2 heteroatoms. The number of allylic oxidation sites excluding steroid dienone is 2. The second kappa shape index (κ2) is 6.65. The molecule has 0 radical (unpaired) electrons. The Bertz CT molecular complexity index is 449. The van der Waals surface area contributed by atoms with Gasteiger partial charge in [0.25, 0.3) is 0 Å². The Kier molecular flexibility index (Phi) is 4.89. The highest BCUT2D eigenvalue weighted by Gasteiger charge is 2.22. The van der Waals surface area contributed by atoms with E-state index in [-0.39, 0.29) is 5.75 Å². The first kappa shape index (κ1) is 14.0. The van der Waals surface area contributed by atoms with Crippen LogP contribution in [0.3, 0.4) is 0 Å². The number of hydrogen-bond acceptors (Lipinski definition) is 2. The maximum atomic E-state index is 9.86. The third kappa shape index (κ3) is 3.31. The summed E-state index contributed by atoms with van der Waals surface area (Å²) in [5.74, 6) is 1.51. The minimum Gasteiger partial charge on any atom is -0.504 e. The van der Waals surface area contributed by atoms with Gasteiger partial charge in [0, 0.05) is 0 Å². The Labute approximate surface area is 116 Å². The van der Waals surface area contributed by atoms with Crippen LogP contribution in [0.2, 0.25) is 0 Å². The standard InChI is InChI=1S/C17H24O2/c1-3-4-5-6-8-13-9-7-10-14-11-16(18)17(19-2)12-15(13)14/h3-4,11-13,18H,5-10H2,1-2H3/b4-3+. The van der Waals surface area contributed by atoms with Gasteiger partial charge in [0.2, 0.25) is 0 Å². The van der Waals surface area contributed by atoms with Crippen LogP contribution < -0.4 is 4.74 Å². The summed E-state index contributed by atoms with van der Waals surface area (Å²) in [6.07, 6.45) is 11.6. The van der Waals surface area contributed by atoms with Crippen molar-refractivity contribution in [3.63, 3.8) is 0 Å². The van der Waals surface area contributed by atoms with Gasteiger partial charge in [0.05, 0.1) is 7.11 Å². The fourth-order valence-corrected chi connectivity index (χ4v) is 3.03. The van der Waals surface area contributed by atoms with Crippen molar-refractivity contribution in [2.75, 3.05) is 7.11 Å². The molecule has 104 valence electrons. The van der Waals surface area contributed by atoms with Gasteiger partial charge < -0.3 is 9.84 Å². The van der Waals surface area contributed by atoms with Crippen LogP contribution in [0.1, 0.15) is 56.1 Å². The van der Waals surface area contributed by atoms with Crippen LogP contribution in [0, 0.1) is 0 Å². The third-order valence-corrected chi connectivity index (χ3v) is 4.04. The minimum atomic E-state index is 0.274. The molecule has 0 aromatic heterocycles. The maximum absolute atomic E-state index is 9.86. The number of methoxy groups -OCH3 is 1. The van der Waals surface area contributed by atoms with Gasteiger partial charge in [0.1, 0.15) is 0 Å². The molecule has 1 N–H and O–H groups in total. The monoisotopic (exact) mass is 260 g/mol. The predicted octanol–water partition coefficient (Wildman–Crippen LogP) is 4.57. The van der Waals surface area contributed by atoms with Crippen molar-refractivity contribution in [2.24, 2.45) is 0 Å². The number of fused-ring (bicyclic) bond motifs is 1. The van der Waals surface area contributed by atoms with Gasteiger partial charge in [-0.05, 0) is 74.6 Å². The van der Waals surface area contributed by atoms with Crippen molar-refractivity contribution >= 4 is 0 Å². The van der Waals surface area contributed by atoms with Crippen LogP contribution in [0.4, 0.5) is 0 Å². The molecule has 2 rings (SSSR count). The molecule has 0 spiro atoms. The maximum Gasteiger partial charge on any atom is 0.160 e. The first-order valence-electron chi connectivity index (χ1n) is 7.27. The van der Waals surface area contributed by atoms with E-state index in [9.17, 15) is 5.11 Å². The number of aromatic hydroxyl groups is 1. The Morgan fingerprint density at radius 3 is 3.00 bits per heavy atom. The van der Waals surface area contributed by atoms with E-state index >= 15 is 0 Å². The molecule has 1 aromatic carbocycles. The second-order valence-electron chi connectivity index (χ2n) is 5.31. The summed E-state index contributed by atoms with van der Waals surface area (Å²) in [7, 11) is 1.62. The molecule has 1 aromatic rings. The third-order valence-electron chi connectivity index (χ3n) is 4.04. The van der Waals surface area contributed by atoms with Gasteiger partial charge in [-0.25, -0.2) is 0 Å². The van der Waals surface area contributed by atoms with Gasteiger partial charge in [-0.1, -0.05) is 12.2 Å². The van der Waals surface area contributed by atoms with E-state index in [1.165, 1.54) is 36.8 Å². The quantitative estimate of drug-likeness (QED) is 0.621. The number of phenols is 1. The lowest BCUT2D eigenvalue weighted by molar-refractivity contribution is 0.370. The second-order valence-corrected chi connectivity index (χ2v) is 5.31. The first-order valence-corrected chi connectivity index (χ1v) is 7.27. The molecule has 0 saturated heterocycles. The summed E-state index contributed by atoms with van der Waals surface area (Å²) in [4.78, 5) is 0. The van der Waals surface area contributed by atoms with Crippen molar-refractivity contribution in [2.45, 2.75) is 51.4 Å². The summed E-state index contributed by atoms with van der Waals surface area (Å²) in [5.41, 5.74) is 2.70. The van der Waals surface area contributed by atoms with E-state index in [0.29, 0.717) is 11.7 Å². The van der Waals surface area contributed by atoms with Gasteiger partial charge in [-0.2, -0.15) is 0 Å². The average molecular weight is 260 g/mol. The molecular weight excluding hydrogens is 236 g/mol. The Morgan fingerprint density at radius 2 is 2.26 bits per heavy atom. The van der Waals surface area contributed by atoms with Crippen LogP contribution in [-0.4, -0.2) is 12.2 Å². The Balaban J connectivity index is 2.13. The van der Waals surface area contributed by atoms with E-state index in [2.05, 4.69) is 19.1 Å². The number of benzene rings is 1. The Hall–Kier alpha value is -1.44. The minimum absolute atomic E-state index is 0.274. The number of unbranched alkanes of at least 4 members (excludes halogenated alkanes) is 1. The molecule has 1 aliphatic rings. The van der Waals surface area contributed by atoms with Crippen LogP contribution in [-0.2, 0) is 6.42 Å². The van der Waals surface area contributed by atoms with Gasteiger partial charge in [-0.3, -0.25) is 0 Å². The highest BCUT2D eigenvalue weighted by molar-refractivity contribution is 5.48. The van der Waals surface area contributed by atoms with Crippen LogP contribution in [0.15, 0.2) is 24.3 Å². The van der Waals surface area contributed by atoms with Crippen molar-refractivity contribution in [1.29, 1.82) is 0 Å². The molecule has 0 amide bonds. The molecule has 2 nitrogen and oxygen atoms in total. The molecular formula is C17H24O2. The molecule has 0 aliphatic heterocycles. The molecule has 0 heterocycles. The summed E-state index contributed by atoms with van der Waals surface area (Å²) >= 11 is 0. The Morgan fingerprint density at radius 1 is 1.42 bits per heavy atom. The van der Waals surface area contributed by atoms with Crippen molar-refractivity contribution < 1.29 is 9.84 Å². The number of hydrogen-bond donors (Lipinski definition) is 1. The zero-order chi connectivity index (χ0) is 13.7. The van der Waals surface area contributed by atoms with Gasteiger partial charge >= 0.3 is 0 Å². The van der Waals surface area contributed by atoms with E-state index in [1.807, 2.05) is 12.1 Å². The smallest absolute Gasteiger partial charge is 0.160 e. The fraction of sp³-hybridized carbons (Fsp3) is 0.529. The van der Waals surface area contributed by atoms with Crippen molar-refractivity contribution in [1.82, 2.24) is 0 Å². The molecule has 1 atom stereocenters. The summed E-state index contributed by atoms with van der Waals surface area (Å²) in [5, 5.41) is 9.86. The number of ether oxygens (including phenoxy) is 1. The zero-order valence-corrected chi connectivity index (χ0v) is 12.0. The average Bonchev–Trinajstić information content (AvgIpc) is 2.43. The van der Waals surface area contributed by atoms with Crippen LogP contribution >= 0.6 is 0 Å². The largest absolute Gasteiger partial charge is 0.504 e. The predicted molar refractivity (Wildman–Crippen MR) is 79.0 cm³/mol. The van der Waals surface area contributed by atoms with Crippen molar-refractivity contribution in [3.8, 4) is 11.5 Å². The van der Waals surface area contributed by atoms with E-state index in [4.69, 9.17) is 4.74 Å². The lowest BCUT2D eigenvalue weighted by atomic mass is 9.80. The van der Waals surface area contributed by atoms with Crippen LogP contribution in [0.25, 0.3) is 0 Å². The number of aryl methyl sites for hydroxylation is 1. The molecule has 1 unspecified atom stereocenters. The zero-order valence-electron chi connectivity index (χ0n) is 12.0. The highest BCUT2D eigenvalue weighted by Crippen LogP contribution is 2.40. The lowest BCUT2D eigenvalue weighted by Crippen LogP contribution is -2.10. The van der Waals surface area contributed by atoms with E-state index < -0.39 is 0 Å².